The number of aromatic nitrogens is 2. The highest BCUT2D eigenvalue weighted by molar-refractivity contribution is 7.09. The van der Waals surface area contributed by atoms with E-state index in [2.05, 4.69) is 14.9 Å². The Kier molecular flexibility index (Phi) is 6.21. The molecule has 0 aliphatic carbocycles. The molecular weight excluding hydrogens is 445 g/mol. The van der Waals surface area contributed by atoms with Crippen molar-refractivity contribution in [3.05, 3.63) is 70.4 Å². The number of ether oxygens (including phenoxy) is 2. The molecule has 1 saturated heterocycles. The number of anilines is 1. The van der Waals surface area contributed by atoms with E-state index in [1.165, 1.54) is 23.5 Å². The third-order valence-corrected chi connectivity index (χ3v) is 6.39. The van der Waals surface area contributed by atoms with Crippen molar-refractivity contribution < 1.29 is 23.1 Å². The van der Waals surface area contributed by atoms with E-state index >= 15 is 0 Å². The second-order valence-corrected chi connectivity index (χ2v) is 8.75. The summed E-state index contributed by atoms with van der Waals surface area (Å²) < 4.78 is 29.9. The van der Waals surface area contributed by atoms with Gasteiger partial charge in [0.25, 0.3) is 6.01 Å². The van der Waals surface area contributed by atoms with E-state index in [0.717, 1.165) is 16.1 Å². The Morgan fingerprint density at radius 1 is 1.09 bits per heavy atom. The van der Waals surface area contributed by atoms with E-state index in [9.17, 15) is 9.18 Å². The van der Waals surface area contributed by atoms with Gasteiger partial charge in [-0.15, -0.1) is 11.3 Å². The standard InChI is InChI=1S/C24H22FN3O4S/c25-17-5-7-19(8-6-17)30-14-22-26-18(15-33-22)13-31-23(29)16-9-11-28(12-10-16)24-27-20-3-1-2-4-21(20)32-24/h1-8,15-16H,9-14H2. The molecule has 0 N–H and O–H groups in total. The van der Waals surface area contributed by atoms with Gasteiger partial charge in [0.1, 0.15) is 35.3 Å². The van der Waals surface area contributed by atoms with Crippen LogP contribution in [0.3, 0.4) is 0 Å². The number of oxazole rings is 1. The molecule has 0 amide bonds. The first kappa shape index (κ1) is 21.4. The first-order valence-corrected chi connectivity index (χ1v) is 11.6. The van der Waals surface area contributed by atoms with Gasteiger partial charge in [0.15, 0.2) is 5.58 Å². The molecule has 170 valence electrons. The molecule has 7 nitrogen and oxygen atoms in total. The average Bonchev–Trinajstić information content (AvgIpc) is 3.49. The first-order valence-electron chi connectivity index (χ1n) is 10.7. The topological polar surface area (TPSA) is 77.7 Å². The maximum Gasteiger partial charge on any atom is 0.309 e. The Morgan fingerprint density at radius 2 is 1.88 bits per heavy atom. The van der Waals surface area contributed by atoms with E-state index in [0.29, 0.717) is 43.4 Å². The third-order valence-electron chi connectivity index (χ3n) is 5.52. The minimum absolute atomic E-state index is 0.136. The number of halogens is 1. The summed E-state index contributed by atoms with van der Waals surface area (Å²) in [5, 5.41) is 2.61. The predicted octanol–water partition coefficient (Wildman–Crippen LogP) is 4.96. The maximum atomic E-state index is 13.0. The second kappa shape index (κ2) is 9.58. The molecule has 9 heteroatoms. The highest BCUT2D eigenvalue weighted by Gasteiger charge is 2.28. The minimum atomic E-state index is -0.308. The van der Waals surface area contributed by atoms with Crippen LogP contribution in [0.15, 0.2) is 58.3 Å². The lowest BCUT2D eigenvalue weighted by Crippen LogP contribution is -2.37. The summed E-state index contributed by atoms with van der Waals surface area (Å²) in [6.07, 6.45) is 1.37. The molecule has 1 aliphatic heterocycles. The Bertz CT molecular complexity index is 1200. The van der Waals surface area contributed by atoms with Crippen LogP contribution in [0.25, 0.3) is 11.1 Å². The predicted molar refractivity (Wildman–Crippen MR) is 122 cm³/mol. The van der Waals surface area contributed by atoms with Gasteiger partial charge in [0.2, 0.25) is 0 Å². The molecule has 33 heavy (non-hydrogen) atoms. The molecule has 0 saturated carbocycles. The van der Waals surface area contributed by atoms with Crippen molar-refractivity contribution >= 4 is 34.4 Å². The number of thiazole rings is 1. The van der Waals surface area contributed by atoms with E-state index < -0.39 is 0 Å². The zero-order valence-corrected chi connectivity index (χ0v) is 18.6. The van der Waals surface area contributed by atoms with Crippen molar-refractivity contribution in [2.45, 2.75) is 26.1 Å². The monoisotopic (exact) mass is 467 g/mol. The largest absolute Gasteiger partial charge is 0.486 e. The lowest BCUT2D eigenvalue weighted by atomic mass is 9.97. The molecule has 5 rings (SSSR count). The summed E-state index contributed by atoms with van der Waals surface area (Å²) in [6.45, 7) is 1.79. The molecule has 0 spiro atoms. The molecule has 0 atom stereocenters. The lowest BCUT2D eigenvalue weighted by Gasteiger charge is -2.29. The van der Waals surface area contributed by atoms with Crippen molar-refractivity contribution in [2.24, 2.45) is 5.92 Å². The van der Waals surface area contributed by atoms with Crippen LogP contribution in [0.5, 0.6) is 5.75 Å². The molecule has 2 aromatic heterocycles. The van der Waals surface area contributed by atoms with Crippen molar-refractivity contribution in [3.63, 3.8) is 0 Å². The van der Waals surface area contributed by atoms with Gasteiger partial charge >= 0.3 is 5.97 Å². The molecule has 0 unspecified atom stereocenters. The number of hydrogen-bond donors (Lipinski definition) is 0. The van der Waals surface area contributed by atoms with Crippen molar-refractivity contribution in [1.29, 1.82) is 0 Å². The van der Waals surface area contributed by atoms with Crippen LogP contribution in [0.4, 0.5) is 10.4 Å². The molecule has 1 aliphatic rings. The number of fused-ring (bicyclic) bond motifs is 1. The van der Waals surface area contributed by atoms with Gasteiger partial charge in [0.05, 0.1) is 11.6 Å². The fourth-order valence-electron chi connectivity index (χ4n) is 3.72. The van der Waals surface area contributed by atoms with Gasteiger partial charge in [0, 0.05) is 18.5 Å². The zero-order chi connectivity index (χ0) is 22.6. The highest BCUT2D eigenvalue weighted by atomic mass is 32.1. The molecule has 1 fully saturated rings. The summed E-state index contributed by atoms with van der Waals surface area (Å²) in [7, 11) is 0. The number of para-hydroxylation sites is 2. The Morgan fingerprint density at radius 3 is 2.67 bits per heavy atom. The van der Waals surface area contributed by atoms with Crippen LogP contribution < -0.4 is 9.64 Å². The number of esters is 1. The summed E-state index contributed by atoms with van der Waals surface area (Å²) in [4.78, 5) is 23.6. The molecule has 3 heterocycles. The van der Waals surface area contributed by atoms with E-state index in [1.54, 1.807) is 12.1 Å². The molecule has 4 aromatic rings. The normalized spacial score (nSPS) is 14.5. The summed E-state index contributed by atoms with van der Waals surface area (Å²) in [5.41, 5.74) is 2.29. The van der Waals surface area contributed by atoms with E-state index in [-0.39, 0.29) is 30.9 Å². The van der Waals surface area contributed by atoms with E-state index in [1.807, 2.05) is 29.6 Å². The fourth-order valence-corrected chi connectivity index (χ4v) is 4.41. The van der Waals surface area contributed by atoms with Crippen LogP contribution in [-0.2, 0) is 22.7 Å². The van der Waals surface area contributed by atoms with Crippen LogP contribution in [0, 0.1) is 11.7 Å². The van der Waals surface area contributed by atoms with Crippen molar-refractivity contribution in [2.75, 3.05) is 18.0 Å². The van der Waals surface area contributed by atoms with Gasteiger partial charge in [-0.25, -0.2) is 9.37 Å². The van der Waals surface area contributed by atoms with E-state index in [4.69, 9.17) is 13.9 Å². The smallest absolute Gasteiger partial charge is 0.309 e. The van der Waals surface area contributed by atoms with Crippen LogP contribution in [0.1, 0.15) is 23.5 Å². The summed E-state index contributed by atoms with van der Waals surface area (Å²) in [6, 6.07) is 14.1. The van der Waals surface area contributed by atoms with Gasteiger partial charge in [-0.3, -0.25) is 4.79 Å². The number of benzene rings is 2. The molecular formula is C24H22FN3O4S. The summed E-state index contributed by atoms with van der Waals surface area (Å²) >= 11 is 1.43. The fraction of sp³-hybridized carbons (Fsp3) is 0.292. The maximum absolute atomic E-state index is 13.0. The third kappa shape index (κ3) is 5.14. The zero-order valence-electron chi connectivity index (χ0n) is 17.8. The number of carbonyl (C=O) groups excluding carboxylic acids is 1. The highest BCUT2D eigenvalue weighted by Crippen LogP contribution is 2.27. The van der Waals surface area contributed by atoms with Gasteiger partial charge in [-0.2, -0.15) is 4.98 Å². The lowest BCUT2D eigenvalue weighted by molar-refractivity contribution is -0.150. The number of hydrogen-bond acceptors (Lipinski definition) is 8. The van der Waals surface area contributed by atoms with Gasteiger partial charge in [-0.05, 0) is 49.2 Å². The van der Waals surface area contributed by atoms with Crippen LogP contribution in [0.2, 0.25) is 0 Å². The Balaban J connectivity index is 1.07. The van der Waals surface area contributed by atoms with Crippen LogP contribution >= 0.6 is 11.3 Å². The van der Waals surface area contributed by atoms with Crippen molar-refractivity contribution in [1.82, 2.24) is 9.97 Å². The molecule has 2 aromatic carbocycles. The Labute approximate surface area is 193 Å². The van der Waals surface area contributed by atoms with Gasteiger partial charge in [-0.1, -0.05) is 12.1 Å². The average molecular weight is 468 g/mol. The van der Waals surface area contributed by atoms with Crippen molar-refractivity contribution in [3.8, 4) is 5.75 Å². The number of carbonyl (C=O) groups is 1. The molecule has 0 radical (unpaired) electrons. The SMILES string of the molecule is O=C(OCc1csc(COc2ccc(F)cc2)n1)C1CCN(c2nc3ccccc3o2)CC1. The molecule has 0 bridgehead atoms. The summed E-state index contributed by atoms with van der Waals surface area (Å²) in [5.74, 6) is -0.0868. The number of rotatable bonds is 7. The Hall–Kier alpha value is -3.46. The first-order chi connectivity index (χ1) is 16.1. The minimum Gasteiger partial charge on any atom is -0.486 e. The second-order valence-electron chi connectivity index (χ2n) is 7.81. The number of piperidine rings is 1. The quantitative estimate of drug-likeness (QED) is 0.356. The number of nitrogens with zero attached hydrogens (tertiary/aromatic N) is 3. The van der Waals surface area contributed by atoms with Crippen LogP contribution in [-0.4, -0.2) is 29.0 Å². The van der Waals surface area contributed by atoms with Gasteiger partial charge < -0.3 is 18.8 Å².